The van der Waals surface area contributed by atoms with E-state index in [9.17, 15) is 9.50 Å². The van der Waals surface area contributed by atoms with Crippen molar-refractivity contribution in [2.24, 2.45) is 5.92 Å². The molecule has 2 aromatic rings. The van der Waals surface area contributed by atoms with Crippen LogP contribution in [0.2, 0.25) is 0 Å². The Labute approximate surface area is 142 Å². The molecule has 1 aromatic heterocycles. The molecule has 0 saturated carbocycles. The summed E-state index contributed by atoms with van der Waals surface area (Å²) in [5, 5.41) is 12.0. The summed E-state index contributed by atoms with van der Waals surface area (Å²) >= 11 is 0. The highest BCUT2D eigenvalue weighted by Gasteiger charge is 2.45. The number of benzene rings is 1. The van der Waals surface area contributed by atoms with E-state index in [2.05, 4.69) is 16.9 Å². The zero-order valence-corrected chi connectivity index (χ0v) is 14.0. The molecule has 3 nitrogen and oxygen atoms in total. The van der Waals surface area contributed by atoms with Crippen LogP contribution in [-0.2, 0) is 18.4 Å². The van der Waals surface area contributed by atoms with Gasteiger partial charge in [-0.2, -0.15) is 0 Å². The van der Waals surface area contributed by atoms with Crippen molar-refractivity contribution in [3.63, 3.8) is 0 Å². The van der Waals surface area contributed by atoms with Crippen molar-refractivity contribution in [2.75, 3.05) is 20.1 Å². The monoisotopic (exact) mass is 326 g/mol. The predicted octanol–water partition coefficient (Wildman–Crippen LogP) is 2.90. The first-order valence-electron chi connectivity index (χ1n) is 8.73. The van der Waals surface area contributed by atoms with E-state index in [-0.39, 0.29) is 11.7 Å². The standard InChI is InChI=1S/C20H23FN2O/c1-23-11-8-16(9-12-23)20(24)18-7-6-17(21)13-15(18)5-4-14-3-2-10-22-19(14)20/h2-3,6-7,10,13,16,24H,4-5,8-9,11-12H2,1H3. The summed E-state index contributed by atoms with van der Waals surface area (Å²) in [5.41, 5.74) is 2.47. The molecule has 1 saturated heterocycles. The van der Waals surface area contributed by atoms with Crippen LogP contribution in [0.3, 0.4) is 0 Å². The lowest BCUT2D eigenvalue weighted by Gasteiger charge is -2.41. The molecule has 0 spiro atoms. The normalized spacial score (nSPS) is 25.0. The quantitative estimate of drug-likeness (QED) is 0.875. The Hall–Kier alpha value is -1.78. The third-order valence-corrected chi connectivity index (χ3v) is 5.70. The summed E-state index contributed by atoms with van der Waals surface area (Å²) in [6, 6.07) is 8.79. The number of pyridine rings is 1. The van der Waals surface area contributed by atoms with Gasteiger partial charge in [0, 0.05) is 12.1 Å². The van der Waals surface area contributed by atoms with E-state index in [1.807, 2.05) is 12.1 Å². The molecule has 4 rings (SSSR count). The summed E-state index contributed by atoms with van der Waals surface area (Å²) in [4.78, 5) is 6.88. The number of likely N-dealkylation sites (tertiary alicyclic amines) is 1. The third-order valence-electron chi connectivity index (χ3n) is 5.70. The minimum Gasteiger partial charge on any atom is -0.378 e. The third kappa shape index (κ3) is 2.45. The topological polar surface area (TPSA) is 36.4 Å². The molecule has 0 bridgehead atoms. The first kappa shape index (κ1) is 15.7. The number of fused-ring (bicyclic) bond motifs is 2. The van der Waals surface area contributed by atoms with Crippen molar-refractivity contribution in [2.45, 2.75) is 31.3 Å². The van der Waals surface area contributed by atoms with Gasteiger partial charge < -0.3 is 10.0 Å². The highest BCUT2D eigenvalue weighted by atomic mass is 19.1. The van der Waals surface area contributed by atoms with Crippen molar-refractivity contribution < 1.29 is 9.50 Å². The Morgan fingerprint density at radius 2 is 1.92 bits per heavy atom. The molecule has 1 fully saturated rings. The zero-order chi connectivity index (χ0) is 16.7. The van der Waals surface area contributed by atoms with Gasteiger partial charge in [-0.15, -0.1) is 0 Å². The molecule has 1 aliphatic heterocycles. The number of aromatic nitrogens is 1. The van der Waals surface area contributed by atoms with Gasteiger partial charge in [-0.05, 0) is 80.7 Å². The van der Waals surface area contributed by atoms with Gasteiger partial charge in [-0.3, -0.25) is 4.98 Å². The number of hydrogen-bond donors (Lipinski definition) is 1. The maximum absolute atomic E-state index is 13.8. The van der Waals surface area contributed by atoms with E-state index in [1.165, 1.54) is 6.07 Å². The van der Waals surface area contributed by atoms with Gasteiger partial charge in [0.15, 0.2) is 0 Å². The van der Waals surface area contributed by atoms with E-state index in [0.29, 0.717) is 0 Å². The summed E-state index contributed by atoms with van der Waals surface area (Å²) in [5.74, 6) is -0.136. The lowest BCUT2D eigenvalue weighted by atomic mass is 9.72. The van der Waals surface area contributed by atoms with Crippen molar-refractivity contribution >= 4 is 0 Å². The Morgan fingerprint density at radius 1 is 1.17 bits per heavy atom. The molecule has 2 heterocycles. The Morgan fingerprint density at radius 3 is 2.71 bits per heavy atom. The molecule has 24 heavy (non-hydrogen) atoms. The van der Waals surface area contributed by atoms with Crippen LogP contribution < -0.4 is 0 Å². The molecule has 1 N–H and O–H groups in total. The van der Waals surface area contributed by atoms with E-state index in [0.717, 1.165) is 61.2 Å². The second-order valence-electron chi connectivity index (χ2n) is 7.16. The molecule has 126 valence electrons. The van der Waals surface area contributed by atoms with Crippen molar-refractivity contribution in [3.05, 3.63) is 64.7 Å². The van der Waals surface area contributed by atoms with Crippen LogP contribution in [0.15, 0.2) is 36.5 Å². The molecule has 0 amide bonds. The fraction of sp³-hybridized carbons (Fsp3) is 0.450. The van der Waals surface area contributed by atoms with Crippen molar-refractivity contribution in [3.8, 4) is 0 Å². The summed E-state index contributed by atoms with van der Waals surface area (Å²) in [6.45, 7) is 1.93. The SMILES string of the molecule is CN1CCC(C2(O)c3ccc(F)cc3CCc3cccnc32)CC1. The zero-order valence-electron chi connectivity index (χ0n) is 14.0. The molecular formula is C20H23FN2O. The Bertz CT molecular complexity index is 755. The smallest absolute Gasteiger partial charge is 0.135 e. The molecule has 2 aliphatic rings. The molecule has 4 heteroatoms. The number of hydrogen-bond acceptors (Lipinski definition) is 3. The molecule has 1 unspecified atom stereocenters. The van der Waals surface area contributed by atoms with Gasteiger partial charge in [0.05, 0.1) is 5.69 Å². The number of nitrogens with zero attached hydrogens (tertiary/aromatic N) is 2. The highest BCUT2D eigenvalue weighted by Crippen LogP contribution is 2.45. The summed E-state index contributed by atoms with van der Waals surface area (Å²) in [7, 11) is 2.11. The second-order valence-corrected chi connectivity index (χ2v) is 7.16. The van der Waals surface area contributed by atoms with Crippen molar-refractivity contribution in [1.29, 1.82) is 0 Å². The van der Waals surface area contributed by atoms with E-state index in [1.54, 1.807) is 18.3 Å². The second kappa shape index (κ2) is 5.94. The van der Waals surface area contributed by atoms with Crippen LogP contribution in [0.4, 0.5) is 4.39 Å². The Balaban J connectivity index is 1.90. The number of piperidine rings is 1. The van der Waals surface area contributed by atoms with Crippen LogP contribution in [0.25, 0.3) is 0 Å². The van der Waals surface area contributed by atoms with E-state index < -0.39 is 5.60 Å². The van der Waals surface area contributed by atoms with Gasteiger partial charge >= 0.3 is 0 Å². The van der Waals surface area contributed by atoms with Gasteiger partial charge in [-0.25, -0.2) is 4.39 Å². The van der Waals surface area contributed by atoms with Crippen molar-refractivity contribution in [1.82, 2.24) is 9.88 Å². The van der Waals surface area contributed by atoms with Crippen LogP contribution >= 0.6 is 0 Å². The van der Waals surface area contributed by atoms with E-state index in [4.69, 9.17) is 0 Å². The number of halogens is 1. The van der Waals surface area contributed by atoms with E-state index >= 15 is 0 Å². The predicted molar refractivity (Wildman–Crippen MR) is 91.3 cm³/mol. The maximum Gasteiger partial charge on any atom is 0.135 e. The molecule has 1 atom stereocenters. The lowest BCUT2D eigenvalue weighted by Crippen LogP contribution is -2.44. The molecule has 1 aliphatic carbocycles. The first-order valence-corrected chi connectivity index (χ1v) is 8.73. The minimum absolute atomic E-state index is 0.102. The van der Waals surface area contributed by atoms with Crippen LogP contribution in [0, 0.1) is 11.7 Å². The minimum atomic E-state index is -1.13. The van der Waals surface area contributed by atoms with Gasteiger partial charge in [0.25, 0.3) is 0 Å². The van der Waals surface area contributed by atoms with Crippen LogP contribution in [-0.4, -0.2) is 35.1 Å². The van der Waals surface area contributed by atoms with Crippen LogP contribution in [0.5, 0.6) is 0 Å². The molecular weight excluding hydrogens is 303 g/mol. The maximum atomic E-state index is 13.8. The fourth-order valence-corrected chi connectivity index (χ4v) is 4.36. The lowest BCUT2D eigenvalue weighted by molar-refractivity contribution is -0.0148. The van der Waals surface area contributed by atoms with Gasteiger partial charge in [-0.1, -0.05) is 12.1 Å². The average molecular weight is 326 g/mol. The summed E-state index contributed by atoms with van der Waals surface area (Å²) in [6.07, 6.45) is 5.11. The fourth-order valence-electron chi connectivity index (χ4n) is 4.36. The van der Waals surface area contributed by atoms with Gasteiger partial charge in [0.2, 0.25) is 0 Å². The molecule has 1 aromatic carbocycles. The summed E-state index contributed by atoms with van der Waals surface area (Å²) < 4.78 is 13.8. The number of aliphatic hydroxyl groups is 1. The first-order chi connectivity index (χ1) is 11.6. The molecule has 0 radical (unpaired) electrons. The van der Waals surface area contributed by atoms with Crippen LogP contribution in [0.1, 0.15) is 35.2 Å². The average Bonchev–Trinajstić information content (AvgIpc) is 2.71. The Kier molecular flexibility index (Phi) is 3.89. The number of rotatable bonds is 1. The highest BCUT2D eigenvalue weighted by molar-refractivity contribution is 5.45. The largest absolute Gasteiger partial charge is 0.378 e. The number of aryl methyl sites for hydroxylation is 2. The van der Waals surface area contributed by atoms with Gasteiger partial charge in [0.1, 0.15) is 11.4 Å².